The fourth-order valence-electron chi connectivity index (χ4n) is 2.29. The van der Waals surface area contributed by atoms with Crippen LogP contribution in [-0.4, -0.2) is 17.5 Å². The first-order valence-electron chi connectivity index (χ1n) is 7.41. The maximum atomic E-state index is 12.4. The molecule has 7 heteroatoms. The molecule has 128 valence electrons. The lowest BCUT2D eigenvalue weighted by Gasteiger charge is -2.07. The molecule has 25 heavy (non-hydrogen) atoms. The third-order valence-corrected chi connectivity index (χ3v) is 3.31. The van der Waals surface area contributed by atoms with E-state index >= 15 is 0 Å². The molecule has 1 N–H and O–H groups in total. The Morgan fingerprint density at radius 1 is 1.28 bits per heavy atom. The van der Waals surface area contributed by atoms with Crippen molar-refractivity contribution in [3.05, 3.63) is 60.0 Å². The van der Waals surface area contributed by atoms with E-state index in [4.69, 9.17) is 4.42 Å². The van der Waals surface area contributed by atoms with Gasteiger partial charge in [-0.2, -0.15) is 8.78 Å². The fourth-order valence-corrected chi connectivity index (χ4v) is 2.29. The van der Waals surface area contributed by atoms with Crippen LogP contribution in [0.15, 0.2) is 53.0 Å². The van der Waals surface area contributed by atoms with Crippen LogP contribution in [-0.2, 0) is 4.79 Å². The van der Waals surface area contributed by atoms with Crippen LogP contribution in [0.1, 0.15) is 11.5 Å². The molecule has 0 radical (unpaired) electrons. The van der Waals surface area contributed by atoms with Gasteiger partial charge in [0.2, 0.25) is 5.91 Å². The molecule has 1 amide bonds. The molecule has 1 aromatic heterocycles. The number of fused-ring (bicyclic) bond motifs is 1. The molecule has 0 atom stereocenters. The van der Waals surface area contributed by atoms with Crippen LogP contribution in [0.4, 0.5) is 14.5 Å². The number of ether oxygens (including phenoxy) is 1. The number of oxazole rings is 1. The normalized spacial score (nSPS) is 11.4. The van der Waals surface area contributed by atoms with Crippen LogP contribution in [0.3, 0.4) is 0 Å². The number of hydrogen-bond acceptors (Lipinski definition) is 4. The number of carbonyl (C=O) groups excluding carboxylic acids is 1. The van der Waals surface area contributed by atoms with Gasteiger partial charge in [-0.05, 0) is 30.3 Å². The third-order valence-electron chi connectivity index (χ3n) is 3.31. The Labute approximate surface area is 141 Å². The standard InChI is InChI=1S/C18H14F2N2O3/c1-11-21-14-10-13(7-8-16(14)24-11)22-17(23)9-6-12-4-2-3-5-15(12)25-18(19)20/h2-10,18H,1H3,(H,22,23)/b9-6+. The second-order valence-corrected chi connectivity index (χ2v) is 5.15. The molecular formula is C18H14F2N2O3. The molecule has 0 saturated carbocycles. The van der Waals surface area contributed by atoms with Crippen molar-refractivity contribution in [1.29, 1.82) is 0 Å². The Morgan fingerprint density at radius 3 is 2.88 bits per heavy atom. The highest BCUT2D eigenvalue weighted by atomic mass is 19.3. The molecule has 0 saturated heterocycles. The number of nitrogens with zero attached hydrogens (tertiary/aromatic N) is 1. The SMILES string of the molecule is Cc1nc2cc(NC(=O)/C=C/c3ccccc3OC(F)F)ccc2o1. The second-order valence-electron chi connectivity index (χ2n) is 5.15. The Bertz CT molecular complexity index is 935. The minimum absolute atomic E-state index is 0.000965. The number of aromatic nitrogens is 1. The average molecular weight is 344 g/mol. The number of nitrogens with one attached hydrogen (secondary N) is 1. The average Bonchev–Trinajstić information content (AvgIpc) is 2.93. The summed E-state index contributed by atoms with van der Waals surface area (Å²) < 4.78 is 34.5. The zero-order valence-electron chi connectivity index (χ0n) is 13.2. The Balaban J connectivity index is 1.72. The lowest BCUT2D eigenvalue weighted by molar-refractivity contribution is -0.111. The number of amides is 1. The summed E-state index contributed by atoms with van der Waals surface area (Å²) >= 11 is 0. The molecule has 1 heterocycles. The van der Waals surface area contributed by atoms with Gasteiger partial charge in [-0.25, -0.2) is 4.98 Å². The zero-order chi connectivity index (χ0) is 17.8. The van der Waals surface area contributed by atoms with Gasteiger partial charge in [-0.3, -0.25) is 4.79 Å². The van der Waals surface area contributed by atoms with E-state index in [0.29, 0.717) is 28.2 Å². The molecular weight excluding hydrogens is 330 g/mol. The minimum Gasteiger partial charge on any atom is -0.441 e. The molecule has 3 rings (SSSR count). The monoisotopic (exact) mass is 344 g/mol. The smallest absolute Gasteiger partial charge is 0.387 e. The second kappa shape index (κ2) is 7.12. The largest absolute Gasteiger partial charge is 0.441 e. The van der Waals surface area contributed by atoms with Crippen LogP contribution in [0.2, 0.25) is 0 Å². The third kappa shape index (κ3) is 4.20. The zero-order valence-corrected chi connectivity index (χ0v) is 13.2. The Morgan fingerprint density at radius 2 is 2.08 bits per heavy atom. The van der Waals surface area contributed by atoms with E-state index in [9.17, 15) is 13.6 Å². The Hall–Kier alpha value is -3.22. The van der Waals surface area contributed by atoms with Gasteiger partial charge in [-0.1, -0.05) is 18.2 Å². The summed E-state index contributed by atoms with van der Waals surface area (Å²) in [5.74, 6) is 0.126. The molecule has 5 nitrogen and oxygen atoms in total. The molecule has 0 spiro atoms. The van der Waals surface area contributed by atoms with E-state index in [2.05, 4.69) is 15.0 Å². The number of aryl methyl sites for hydroxylation is 1. The molecule has 0 aliphatic heterocycles. The topological polar surface area (TPSA) is 64.4 Å². The fraction of sp³-hybridized carbons (Fsp3) is 0.111. The molecule has 0 bridgehead atoms. The summed E-state index contributed by atoms with van der Waals surface area (Å²) in [7, 11) is 0. The van der Waals surface area contributed by atoms with E-state index in [1.54, 1.807) is 43.3 Å². The first-order valence-corrected chi connectivity index (χ1v) is 7.41. The number of rotatable bonds is 5. The van der Waals surface area contributed by atoms with E-state index in [0.717, 1.165) is 0 Å². The highest BCUT2D eigenvalue weighted by molar-refractivity contribution is 6.02. The van der Waals surface area contributed by atoms with Crippen LogP contribution in [0.25, 0.3) is 17.2 Å². The maximum Gasteiger partial charge on any atom is 0.387 e. The predicted octanol–water partition coefficient (Wildman–Crippen LogP) is 4.39. The number of carbonyl (C=O) groups is 1. The highest BCUT2D eigenvalue weighted by Gasteiger charge is 2.08. The summed E-state index contributed by atoms with van der Waals surface area (Å²) in [4.78, 5) is 16.2. The van der Waals surface area contributed by atoms with E-state index in [1.807, 2.05) is 0 Å². The number of hydrogen-bond donors (Lipinski definition) is 1. The first kappa shape index (κ1) is 16.6. The van der Waals surface area contributed by atoms with Gasteiger partial charge in [0.05, 0.1) is 0 Å². The summed E-state index contributed by atoms with van der Waals surface area (Å²) in [5.41, 5.74) is 2.19. The Kier molecular flexibility index (Phi) is 4.74. The first-order chi connectivity index (χ1) is 12.0. The minimum atomic E-state index is -2.93. The molecule has 0 fully saturated rings. The lowest BCUT2D eigenvalue weighted by atomic mass is 10.2. The van der Waals surface area contributed by atoms with Crippen molar-refractivity contribution >= 4 is 28.8 Å². The van der Waals surface area contributed by atoms with Crippen molar-refractivity contribution in [3.63, 3.8) is 0 Å². The lowest BCUT2D eigenvalue weighted by Crippen LogP contribution is -2.07. The van der Waals surface area contributed by atoms with Crippen LogP contribution < -0.4 is 10.1 Å². The van der Waals surface area contributed by atoms with Gasteiger partial charge in [0.1, 0.15) is 11.3 Å². The van der Waals surface area contributed by atoms with Crippen LogP contribution in [0.5, 0.6) is 5.75 Å². The molecule has 0 aliphatic rings. The highest BCUT2D eigenvalue weighted by Crippen LogP contribution is 2.22. The van der Waals surface area contributed by atoms with Gasteiger partial charge < -0.3 is 14.5 Å². The quantitative estimate of drug-likeness (QED) is 0.697. The van der Waals surface area contributed by atoms with Crippen molar-refractivity contribution < 1.29 is 22.7 Å². The van der Waals surface area contributed by atoms with Gasteiger partial charge in [0.15, 0.2) is 11.5 Å². The summed E-state index contributed by atoms with van der Waals surface area (Å²) in [5, 5.41) is 2.68. The van der Waals surface area contributed by atoms with Crippen molar-refractivity contribution in [2.75, 3.05) is 5.32 Å². The molecule has 0 unspecified atom stereocenters. The molecule has 2 aromatic carbocycles. The maximum absolute atomic E-state index is 12.4. The van der Waals surface area contributed by atoms with Gasteiger partial charge in [0, 0.05) is 24.3 Å². The summed E-state index contributed by atoms with van der Waals surface area (Å²) in [6.45, 7) is -1.19. The number of halogens is 2. The number of anilines is 1. The predicted molar refractivity (Wildman–Crippen MR) is 89.5 cm³/mol. The van der Waals surface area contributed by atoms with E-state index < -0.39 is 12.5 Å². The van der Waals surface area contributed by atoms with Crippen molar-refractivity contribution in [2.45, 2.75) is 13.5 Å². The number of alkyl halides is 2. The van der Waals surface area contributed by atoms with Crippen molar-refractivity contribution in [2.24, 2.45) is 0 Å². The number of benzene rings is 2. The van der Waals surface area contributed by atoms with Gasteiger partial charge >= 0.3 is 6.61 Å². The van der Waals surface area contributed by atoms with Crippen molar-refractivity contribution in [3.8, 4) is 5.75 Å². The summed E-state index contributed by atoms with van der Waals surface area (Å²) in [6, 6.07) is 11.3. The van der Waals surface area contributed by atoms with Gasteiger partial charge in [-0.15, -0.1) is 0 Å². The van der Waals surface area contributed by atoms with E-state index in [1.165, 1.54) is 18.2 Å². The molecule has 0 aliphatic carbocycles. The van der Waals surface area contributed by atoms with Crippen LogP contribution in [0, 0.1) is 6.92 Å². The molecule has 3 aromatic rings. The van der Waals surface area contributed by atoms with Gasteiger partial charge in [0.25, 0.3) is 0 Å². The summed E-state index contributed by atoms with van der Waals surface area (Å²) in [6.07, 6.45) is 2.65. The number of para-hydroxylation sites is 1. The van der Waals surface area contributed by atoms with E-state index in [-0.39, 0.29) is 5.75 Å². The van der Waals surface area contributed by atoms with Crippen molar-refractivity contribution in [1.82, 2.24) is 4.98 Å². The van der Waals surface area contributed by atoms with Crippen LogP contribution >= 0.6 is 0 Å².